The summed E-state index contributed by atoms with van der Waals surface area (Å²) in [4.78, 5) is 23.2. The van der Waals surface area contributed by atoms with E-state index < -0.39 is 35.9 Å². The van der Waals surface area contributed by atoms with Crippen LogP contribution in [-0.2, 0) is 18.9 Å². The van der Waals surface area contributed by atoms with E-state index in [1.165, 1.54) is 25.0 Å². The van der Waals surface area contributed by atoms with Gasteiger partial charge in [-0.3, -0.25) is 4.79 Å². The normalized spacial score (nSPS) is 12.1. The van der Waals surface area contributed by atoms with E-state index in [1.807, 2.05) is 30.3 Å². The molecule has 37 heavy (non-hydrogen) atoms. The topological polar surface area (TPSA) is 46.1 Å². The van der Waals surface area contributed by atoms with Crippen LogP contribution >= 0.6 is 11.8 Å². The van der Waals surface area contributed by atoms with Crippen LogP contribution in [0.25, 0.3) is 22.0 Å². The van der Waals surface area contributed by atoms with Crippen LogP contribution in [-0.4, -0.2) is 34.1 Å². The van der Waals surface area contributed by atoms with Crippen molar-refractivity contribution in [1.29, 1.82) is 0 Å². The zero-order valence-electron chi connectivity index (χ0n) is 19.5. The van der Waals surface area contributed by atoms with Gasteiger partial charge in [0.05, 0.1) is 22.4 Å². The molecule has 0 aliphatic rings. The lowest BCUT2D eigenvalue weighted by atomic mass is 9.99. The summed E-state index contributed by atoms with van der Waals surface area (Å²) >= 11 is 1.26. The third kappa shape index (κ3) is 5.71. The smallest absolute Gasteiger partial charge is 0.337 e. The lowest BCUT2D eigenvalue weighted by Crippen LogP contribution is -2.27. The van der Waals surface area contributed by atoms with Crippen molar-refractivity contribution in [2.45, 2.75) is 24.1 Å². The highest BCUT2D eigenvalue weighted by Crippen LogP contribution is 2.37. The van der Waals surface area contributed by atoms with Crippen molar-refractivity contribution in [2.75, 3.05) is 13.3 Å². The summed E-state index contributed by atoms with van der Waals surface area (Å²) in [5.74, 6) is -0.651. The Balaban J connectivity index is 1.76. The lowest BCUT2D eigenvalue weighted by Gasteiger charge is -2.21. The third-order valence-corrected chi connectivity index (χ3v) is 6.20. The van der Waals surface area contributed by atoms with Crippen molar-refractivity contribution in [3.05, 3.63) is 89.1 Å². The van der Waals surface area contributed by atoms with Crippen molar-refractivity contribution in [3.63, 3.8) is 0 Å². The largest absolute Gasteiger partial charge is 0.416 e. The Hall–Kier alpha value is -3.60. The summed E-state index contributed by atoms with van der Waals surface area (Å²) in [7, 11) is 1.30. The molecule has 4 aromatic rings. The van der Waals surface area contributed by atoms with Crippen LogP contribution in [0.1, 0.15) is 27.0 Å². The van der Waals surface area contributed by atoms with Gasteiger partial charge in [0.2, 0.25) is 0 Å². The molecule has 3 aromatic carbocycles. The molecule has 4 rings (SSSR count). The maximum Gasteiger partial charge on any atom is 0.416 e. The first-order valence-electron chi connectivity index (χ1n) is 10.8. The van der Waals surface area contributed by atoms with Crippen molar-refractivity contribution in [1.82, 2.24) is 14.9 Å². The van der Waals surface area contributed by atoms with Crippen LogP contribution in [0.4, 0.5) is 26.3 Å². The summed E-state index contributed by atoms with van der Waals surface area (Å²) in [5.41, 5.74) is -2.17. The Bertz CT molecular complexity index is 1430. The molecule has 0 spiro atoms. The third-order valence-electron chi connectivity index (χ3n) is 5.64. The number of hydrogen-bond donors (Lipinski definition) is 0. The van der Waals surface area contributed by atoms with E-state index in [-0.39, 0.29) is 17.2 Å². The average molecular weight is 536 g/mol. The van der Waals surface area contributed by atoms with Crippen LogP contribution in [0.3, 0.4) is 0 Å². The van der Waals surface area contributed by atoms with E-state index in [4.69, 9.17) is 0 Å². The fraction of sp³-hybridized carbons (Fsp3) is 0.192. The maximum absolute atomic E-state index is 13.4. The molecule has 0 N–H and O–H groups in total. The molecule has 0 fully saturated rings. The molecule has 0 radical (unpaired) electrons. The Morgan fingerprint density at radius 2 is 1.54 bits per heavy atom. The van der Waals surface area contributed by atoms with Crippen LogP contribution < -0.4 is 0 Å². The molecule has 1 heterocycles. The number of alkyl halides is 6. The van der Waals surface area contributed by atoms with Crippen LogP contribution in [0, 0.1) is 0 Å². The van der Waals surface area contributed by atoms with Crippen molar-refractivity contribution in [3.8, 4) is 11.3 Å². The molecule has 0 saturated heterocycles. The zero-order chi connectivity index (χ0) is 27.0. The van der Waals surface area contributed by atoms with Crippen LogP contribution in [0.15, 0.2) is 72.0 Å². The van der Waals surface area contributed by atoms with Gasteiger partial charge in [-0.05, 0) is 40.8 Å². The summed E-state index contributed by atoms with van der Waals surface area (Å²) in [6.07, 6.45) is -6.88. The number of benzene rings is 3. The minimum absolute atomic E-state index is 0.0545. The van der Waals surface area contributed by atoms with Gasteiger partial charge in [-0.15, -0.1) is 0 Å². The highest BCUT2D eigenvalue weighted by Gasteiger charge is 2.37. The first kappa shape index (κ1) is 26.5. The Morgan fingerprint density at radius 3 is 2.16 bits per heavy atom. The molecular formula is C26H19F6N3OS. The van der Waals surface area contributed by atoms with Gasteiger partial charge in [-0.1, -0.05) is 54.2 Å². The second kappa shape index (κ2) is 10.0. The highest BCUT2D eigenvalue weighted by atomic mass is 32.2. The fourth-order valence-corrected chi connectivity index (χ4v) is 4.26. The predicted molar refractivity (Wildman–Crippen MR) is 129 cm³/mol. The monoisotopic (exact) mass is 535 g/mol. The Morgan fingerprint density at radius 1 is 0.919 bits per heavy atom. The number of thioether (sulfide) groups is 1. The number of carbonyl (C=O) groups excluding carboxylic acids is 1. The van der Waals surface area contributed by atoms with Crippen molar-refractivity contribution in [2.24, 2.45) is 0 Å². The van der Waals surface area contributed by atoms with E-state index in [0.29, 0.717) is 28.5 Å². The van der Waals surface area contributed by atoms with Crippen molar-refractivity contribution < 1.29 is 31.1 Å². The molecule has 192 valence electrons. The second-order valence-electron chi connectivity index (χ2n) is 8.22. The molecule has 0 bridgehead atoms. The average Bonchev–Trinajstić information content (AvgIpc) is 2.86. The first-order valence-corrected chi connectivity index (χ1v) is 12.0. The van der Waals surface area contributed by atoms with Gasteiger partial charge < -0.3 is 4.90 Å². The highest BCUT2D eigenvalue weighted by molar-refractivity contribution is 7.98. The zero-order valence-corrected chi connectivity index (χ0v) is 20.3. The number of fused-ring (bicyclic) bond motifs is 1. The van der Waals surface area contributed by atoms with E-state index in [0.717, 1.165) is 15.7 Å². The molecule has 0 saturated carbocycles. The van der Waals surface area contributed by atoms with Gasteiger partial charge in [0, 0.05) is 25.4 Å². The van der Waals surface area contributed by atoms with Crippen molar-refractivity contribution >= 4 is 28.4 Å². The summed E-state index contributed by atoms with van der Waals surface area (Å²) < 4.78 is 79.6. The number of halogens is 6. The van der Waals surface area contributed by atoms with Crippen LogP contribution in [0.2, 0.25) is 0 Å². The Labute approximate surface area is 212 Å². The van der Waals surface area contributed by atoms with Crippen LogP contribution in [0.5, 0.6) is 0 Å². The second-order valence-corrected chi connectivity index (χ2v) is 8.99. The summed E-state index contributed by atoms with van der Waals surface area (Å²) in [6, 6.07) is 14.2. The van der Waals surface area contributed by atoms with Gasteiger partial charge in [-0.25, -0.2) is 9.97 Å². The predicted octanol–water partition coefficient (Wildman–Crippen LogP) is 7.33. The van der Waals surface area contributed by atoms with Gasteiger partial charge in [-0.2, -0.15) is 26.3 Å². The number of rotatable bonds is 5. The van der Waals surface area contributed by atoms with E-state index in [1.54, 1.807) is 18.4 Å². The molecule has 0 aliphatic heterocycles. The van der Waals surface area contributed by atoms with Gasteiger partial charge >= 0.3 is 12.4 Å². The fourth-order valence-electron chi connectivity index (χ4n) is 3.92. The lowest BCUT2D eigenvalue weighted by molar-refractivity contribution is -0.143. The molecule has 11 heteroatoms. The number of aromatic nitrogens is 2. The first-order chi connectivity index (χ1) is 17.4. The van der Waals surface area contributed by atoms with E-state index >= 15 is 0 Å². The molecule has 0 atom stereocenters. The van der Waals surface area contributed by atoms with E-state index in [9.17, 15) is 31.1 Å². The number of carbonyl (C=O) groups is 1. The molecule has 0 aliphatic carbocycles. The molecule has 1 aromatic heterocycles. The maximum atomic E-state index is 13.4. The number of amides is 1. The van der Waals surface area contributed by atoms with Gasteiger partial charge in [0.25, 0.3) is 5.91 Å². The standard InChI is InChI=1S/C26H19F6N3OS/c1-35(14-15-10-17(25(27,28)29)12-18(11-15)26(30,31)32)23(36)21-13-33-24(37-2)34-22(21)20-9-5-7-16-6-3-4-8-19(16)20/h3-13H,14H2,1-2H3. The molecule has 0 unspecified atom stereocenters. The summed E-state index contributed by atoms with van der Waals surface area (Å²) in [6.45, 7) is -0.495. The van der Waals surface area contributed by atoms with E-state index in [2.05, 4.69) is 9.97 Å². The molecular weight excluding hydrogens is 516 g/mol. The Kier molecular flexibility index (Phi) is 7.18. The minimum atomic E-state index is -4.98. The summed E-state index contributed by atoms with van der Waals surface area (Å²) in [5, 5.41) is 2.12. The SMILES string of the molecule is CSc1ncc(C(=O)N(C)Cc2cc(C(F)(F)F)cc(C(F)(F)F)c2)c(-c2cccc3ccccc23)n1. The molecule has 4 nitrogen and oxygen atoms in total. The van der Waals surface area contributed by atoms with Gasteiger partial charge in [0.15, 0.2) is 5.16 Å². The number of nitrogens with zero attached hydrogens (tertiary/aromatic N) is 3. The quantitative estimate of drug-likeness (QED) is 0.153. The minimum Gasteiger partial charge on any atom is -0.337 e. The molecule has 1 amide bonds. The van der Waals surface area contributed by atoms with Gasteiger partial charge in [0.1, 0.15) is 0 Å². The number of hydrogen-bond acceptors (Lipinski definition) is 4.